The highest BCUT2D eigenvalue weighted by Gasteiger charge is 2.22. The van der Waals surface area contributed by atoms with Gasteiger partial charge in [-0.2, -0.15) is 0 Å². The minimum absolute atomic E-state index is 0.0408. The van der Waals surface area contributed by atoms with Gasteiger partial charge in [0.05, 0.1) is 36.4 Å². The number of rotatable bonds is 10. The molecule has 0 atom stereocenters. The maximum Gasteiger partial charge on any atom is 0.246 e. The Hall–Kier alpha value is -4.25. The van der Waals surface area contributed by atoms with E-state index >= 15 is 0 Å². The van der Waals surface area contributed by atoms with Crippen LogP contribution in [-0.2, 0) is 16.1 Å². The van der Waals surface area contributed by atoms with Gasteiger partial charge in [0.25, 0.3) is 0 Å². The summed E-state index contributed by atoms with van der Waals surface area (Å²) in [5.74, 6) is 1.99. The third-order valence-electron chi connectivity index (χ3n) is 5.77. The van der Waals surface area contributed by atoms with E-state index in [0.29, 0.717) is 48.3 Å². The maximum absolute atomic E-state index is 12.4. The van der Waals surface area contributed by atoms with E-state index in [9.17, 15) is 4.79 Å². The van der Waals surface area contributed by atoms with Gasteiger partial charge in [-0.3, -0.25) is 4.79 Å². The quantitative estimate of drug-likeness (QED) is 0.331. The molecule has 1 aliphatic heterocycles. The summed E-state index contributed by atoms with van der Waals surface area (Å²) in [6, 6.07) is 11.1. The van der Waals surface area contributed by atoms with Gasteiger partial charge in [0.15, 0.2) is 0 Å². The number of nitrogens with zero attached hydrogens (tertiary/aromatic N) is 5. The van der Waals surface area contributed by atoms with Gasteiger partial charge in [0.1, 0.15) is 36.3 Å². The van der Waals surface area contributed by atoms with E-state index in [4.69, 9.17) is 14.2 Å². The second kappa shape index (κ2) is 10.8. The predicted molar refractivity (Wildman–Crippen MR) is 138 cm³/mol. The number of hydrogen-bond acceptors (Lipinski definition) is 9. The largest absolute Gasteiger partial charge is 0.493 e. The molecule has 192 valence electrons. The Bertz CT molecular complexity index is 1380. The highest BCUT2D eigenvalue weighted by Crippen LogP contribution is 2.36. The van der Waals surface area contributed by atoms with Gasteiger partial charge < -0.3 is 24.8 Å². The molecule has 4 aromatic rings. The van der Waals surface area contributed by atoms with Crippen LogP contribution in [0.2, 0.25) is 0 Å². The Labute approximate surface area is 214 Å². The first-order valence-electron chi connectivity index (χ1n) is 12.2. The molecule has 2 N–H and O–H groups in total. The molecule has 0 saturated carbocycles. The first-order chi connectivity index (χ1) is 18.0. The number of nitrogens with one attached hydrogen (secondary N) is 2. The monoisotopic (exact) mass is 503 g/mol. The first-order valence-corrected chi connectivity index (χ1v) is 12.2. The number of ether oxygens (including phenoxy) is 3. The molecule has 0 unspecified atom stereocenters. The van der Waals surface area contributed by atoms with Crippen LogP contribution in [0.15, 0.2) is 48.9 Å². The molecule has 11 heteroatoms. The highest BCUT2D eigenvalue weighted by molar-refractivity contribution is 5.97. The summed E-state index contributed by atoms with van der Waals surface area (Å²) in [6.07, 6.45) is 3.33. The lowest BCUT2D eigenvalue weighted by molar-refractivity contribution is -0.116. The molecule has 0 radical (unpaired) electrons. The van der Waals surface area contributed by atoms with Crippen molar-refractivity contribution in [3.8, 4) is 11.5 Å². The molecule has 11 nitrogen and oxygen atoms in total. The van der Waals surface area contributed by atoms with Crippen LogP contribution in [-0.4, -0.2) is 56.8 Å². The fourth-order valence-electron chi connectivity index (χ4n) is 3.81. The lowest BCUT2D eigenvalue weighted by Gasteiger charge is -2.27. The Kier molecular flexibility index (Phi) is 7.13. The lowest BCUT2D eigenvalue weighted by Crippen LogP contribution is -2.38. The Morgan fingerprint density at radius 3 is 2.62 bits per heavy atom. The van der Waals surface area contributed by atoms with E-state index in [-0.39, 0.29) is 24.5 Å². The molecule has 1 aliphatic rings. The Morgan fingerprint density at radius 1 is 1.16 bits per heavy atom. The number of hydrogen-bond donors (Lipinski definition) is 2. The summed E-state index contributed by atoms with van der Waals surface area (Å²) >= 11 is 0. The smallest absolute Gasteiger partial charge is 0.246 e. The number of aromatic nitrogens is 5. The Balaban J connectivity index is 1.29. The SMILES string of the molecule is CCOc1cc(OC2COC2)cc2ncnc(Nc3ccc(NC(=O)Cn4cc(C(C)C)nn4)cc3)c12. The molecule has 1 fully saturated rings. The van der Waals surface area contributed by atoms with Crippen molar-refractivity contribution in [1.29, 1.82) is 0 Å². The minimum Gasteiger partial charge on any atom is -0.493 e. The van der Waals surface area contributed by atoms with E-state index in [1.807, 2.05) is 57.2 Å². The summed E-state index contributed by atoms with van der Waals surface area (Å²) in [4.78, 5) is 21.3. The van der Waals surface area contributed by atoms with E-state index in [1.165, 1.54) is 11.0 Å². The van der Waals surface area contributed by atoms with E-state index in [2.05, 4.69) is 30.9 Å². The van der Waals surface area contributed by atoms with Gasteiger partial charge in [0.2, 0.25) is 5.91 Å². The molecule has 0 spiro atoms. The number of fused-ring (bicyclic) bond motifs is 1. The van der Waals surface area contributed by atoms with Gasteiger partial charge in [-0.05, 0) is 37.1 Å². The van der Waals surface area contributed by atoms with Crippen LogP contribution < -0.4 is 20.1 Å². The van der Waals surface area contributed by atoms with Crippen molar-refractivity contribution >= 4 is 34.0 Å². The fourth-order valence-corrected chi connectivity index (χ4v) is 3.81. The molecule has 5 rings (SSSR count). The van der Waals surface area contributed by atoms with Crippen LogP contribution in [0.25, 0.3) is 10.9 Å². The average Bonchev–Trinajstić information content (AvgIpc) is 3.31. The average molecular weight is 504 g/mol. The summed E-state index contributed by atoms with van der Waals surface area (Å²) in [6.45, 7) is 7.72. The minimum atomic E-state index is -0.185. The molecular weight excluding hydrogens is 474 g/mol. The summed E-state index contributed by atoms with van der Waals surface area (Å²) < 4.78 is 18.6. The number of anilines is 3. The van der Waals surface area contributed by atoms with E-state index in [1.54, 1.807) is 6.20 Å². The van der Waals surface area contributed by atoms with Gasteiger partial charge in [0, 0.05) is 29.7 Å². The van der Waals surface area contributed by atoms with Gasteiger partial charge in [-0.25, -0.2) is 14.6 Å². The predicted octanol–water partition coefficient (Wildman–Crippen LogP) is 3.90. The van der Waals surface area contributed by atoms with Crippen molar-refractivity contribution in [1.82, 2.24) is 25.0 Å². The molecule has 2 aromatic heterocycles. The van der Waals surface area contributed by atoms with Crippen LogP contribution in [0.4, 0.5) is 17.2 Å². The Morgan fingerprint density at radius 2 is 1.95 bits per heavy atom. The zero-order chi connectivity index (χ0) is 25.8. The molecule has 1 amide bonds. The molecule has 37 heavy (non-hydrogen) atoms. The summed E-state index contributed by atoms with van der Waals surface area (Å²) in [5.41, 5.74) is 3.02. The lowest BCUT2D eigenvalue weighted by atomic mass is 10.2. The van der Waals surface area contributed by atoms with Crippen molar-refractivity contribution in [2.75, 3.05) is 30.5 Å². The van der Waals surface area contributed by atoms with Gasteiger partial charge >= 0.3 is 0 Å². The van der Waals surface area contributed by atoms with E-state index < -0.39 is 0 Å². The molecule has 0 aliphatic carbocycles. The van der Waals surface area contributed by atoms with Crippen LogP contribution in [0.5, 0.6) is 11.5 Å². The van der Waals surface area contributed by atoms with Crippen molar-refractivity contribution < 1.29 is 19.0 Å². The molecule has 0 bridgehead atoms. The van der Waals surface area contributed by atoms with Crippen molar-refractivity contribution in [2.45, 2.75) is 39.3 Å². The zero-order valence-electron chi connectivity index (χ0n) is 21.0. The molecule has 2 aromatic carbocycles. The molecule has 3 heterocycles. The molecule has 1 saturated heterocycles. The van der Waals surface area contributed by atoms with Crippen molar-refractivity contribution in [3.63, 3.8) is 0 Å². The standard InChI is InChI=1S/C26H29N7O4/c1-4-36-23-10-19(37-20-13-35-14-20)9-21-25(23)26(28-15-27-21)30-18-7-5-17(6-8-18)29-24(34)12-33-11-22(16(2)3)31-32-33/h5-11,15-16,20H,4,12-14H2,1-3H3,(H,29,34)(H,27,28,30). The van der Waals surface area contributed by atoms with Crippen LogP contribution >= 0.6 is 0 Å². The number of amides is 1. The summed E-state index contributed by atoms with van der Waals surface area (Å²) in [5, 5.41) is 15.1. The first kappa shape index (κ1) is 24.4. The van der Waals surface area contributed by atoms with Crippen molar-refractivity contribution in [3.05, 3.63) is 54.6 Å². The fraction of sp³-hybridized carbons (Fsp3) is 0.346. The third-order valence-corrected chi connectivity index (χ3v) is 5.77. The van der Waals surface area contributed by atoms with Crippen LogP contribution in [0.3, 0.4) is 0 Å². The third kappa shape index (κ3) is 5.78. The van der Waals surface area contributed by atoms with Crippen LogP contribution in [0, 0.1) is 0 Å². The highest BCUT2D eigenvalue weighted by atomic mass is 16.6. The molecular formula is C26H29N7O4. The maximum atomic E-state index is 12.4. The van der Waals surface area contributed by atoms with Gasteiger partial charge in [-0.15, -0.1) is 5.10 Å². The van der Waals surface area contributed by atoms with E-state index in [0.717, 1.165) is 16.8 Å². The summed E-state index contributed by atoms with van der Waals surface area (Å²) in [7, 11) is 0. The van der Waals surface area contributed by atoms with Crippen LogP contribution in [0.1, 0.15) is 32.4 Å². The normalized spacial score (nSPS) is 13.4. The number of carbonyl (C=O) groups excluding carboxylic acids is 1. The topological polar surface area (TPSA) is 125 Å². The number of benzene rings is 2. The van der Waals surface area contributed by atoms with Gasteiger partial charge in [-0.1, -0.05) is 19.1 Å². The van der Waals surface area contributed by atoms with Crippen molar-refractivity contribution in [2.24, 2.45) is 0 Å². The second-order valence-electron chi connectivity index (χ2n) is 8.99. The second-order valence-corrected chi connectivity index (χ2v) is 8.99. The number of carbonyl (C=O) groups is 1. The zero-order valence-corrected chi connectivity index (χ0v) is 21.0.